The van der Waals surface area contributed by atoms with E-state index in [4.69, 9.17) is 27.8 Å². The quantitative estimate of drug-likeness (QED) is 0.208. The van der Waals surface area contributed by atoms with E-state index in [1.165, 1.54) is 0 Å². The third kappa shape index (κ3) is 3.27. The van der Waals surface area contributed by atoms with Gasteiger partial charge in [-0.1, -0.05) is 36.4 Å². The van der Waals surface area contributed by atoms with Crippen molar-refractivity contribution in [2.45, 2.75) is 33.4 Å². The third-order valence-corrected chi connectivity index (χ3v) is 7.81. The van der Waals surface area contributed by atoms with Gasteiger partial charge < -0.3 is 27.8 Å². The molecular formula is C32H26O7. The molecule has 6 aromatic rings. The van der Waals surface area contributed by atoms with Crippen molar-refractivity contribution in [3.8, 4) is 11.5 Å². The van der Waals surface area contributed by atoms with Gasteiger partial charge >= 0.3 is 0 Å². The van der Waals surface area contributed by atoms with Gasteiger partial charge in [0.05, 0.1) is 40.0 Å². The molecule has 0 radical (unpaired) electrons. The number of benzene rings is 4. The Morgan fingerprint density at radius 1 is 0.846 bits per heavy atom. The number of carbonyl (C=O) groups is 1. The number of methoxy groups -OCH3 is 2. The lowest BCUT2D eigenvalue weighted by Gasteiger charge is -2.26. The molecule has 3 heterocycles. The molecule has 0 aliphatic carbocycles. The van der Waals surface area contributed by atoms with Gasteiger partial charge in [-0.15, -0.1) is 0 Å². The molecule has 1 unspecified atom stereocenters. The molecule has 7 rings (SSSR count). The zero-order chi connectivity index (χ0) is 26.8. The van der Waals surface area contributed by atoms with Gasteiger partial charge in [0.1, 0.15) is 0 Å². The minimum atomic E-state index is -0.665. The van der Waals surface area contributed by atoms with Crippen LogP contribution in [0.25, 0.3) is 43.5 Å². The number of carbonyl (C=O) groups excluding carboxylic acids is 1. The van der Waals surface area contributed by atoms with Crippen molar-refractivity contribution in [2.24, 2.45) is 0 Å². The van der Waals surface area contributed by atoms with Crippen LogP contribution in [0.15, 0.2) is 57.8 Å². The molecule has 0 bridgehead atoms. The maximum absolute atomic E-state index is 12.4. The van der Waals surface area contributed by atoms with Crippen molar-refractivity contribution in [1.29, 1.82) is 0 Å². The van der Waals surface area contributed by atoms with E-state index in [9.17, 15) is 4.79 Å². The van der Waals surface area contributed by atoms with Crippen LogP contribution in [0.1, 0.15) is 44.5 Å². The van der Waals surface area contributed by atoms with Gasteiger partial charge in [0, 0.05) is 43.8 Å². The monoisotopic (exact) mass is 522 g/mol. The number of furan rings is 2. The molecule has 0 spiro atoms. The van der Waals surface area contributed by atoms with Crippen molar-refractivity contribution in [3.63, 3.8) is 0 Å². The van der Waals surface area contributed by atoms with Gasteiger partial charge in [-0.25, -0.2) is 0 Å². The predicted molar refractivity (Wildman–Crippen MR) is 148 cm³/mol. The first-order valence-electron chi connectivity index (χ1n) is 12.7. The van der Waals surface area contributed by atoms with Crippen molar-refractivity contribution >= 4 is 49.8 Å². The van der Waals surface area contributed by atoms with E-state index in [1.54, 1.807) is 26.7 Å². The second-order valence-corrected chi connectivity index (χ2v) is 9.89. The molecule has 0 N–H and O–H groups in total. The highest BCUT2D eigenvalue weighted by Gasteiger charge is 2.31. The average molecular weight is 523 g/mol. The van der Waals surface area contributed by atoms with Crippen LogP contribution < -0.4 is 9.47 Å². The maximum atomic E-state index is 12.4. The summed E-state index contributed by atoms with van der Waals surface area (Å²) in [6.45, 7) is 4.54. The molecule has 7 heteroatoms. The number of ether oxygens (including phenoxy) is 4. The molecule has 1 aliphatic rings. The summed E-state index contributed by atoms with van der Waals surface area (Å²) in [6, 6.07) is 12.0. The zero-order valence-corrected chi connectivity index (χ0v) is 22.0. The van der Waals surface area contributed by atoms with Crippen LogP contribution in [0, 0.1) is 13.8 Å². The lowest BCUT2D eigenvalue weighted by atomic mass is 9.93. The summed E-state index contributed by atoms with van der Waals surface area (Å²) in [5.41, 5.74) is 6.41. The molecular weight excluding hydrogens is 496 g/mol. The molecule has 39 heavy (non-hydrogen) atoms. The number of aryl methyl sites for hydroxylation is 2. The Bertz CT molecular complexity index is 1940. The van der Waals surface area contributed by atoms with E-state index in [1.807, 2.05) is 44.2 Å². The van der Waals surface area contributed by atoms with Gasteiger partial charge in [0.15, 0.2) is 35.2 Å². The van der Waals surface area contributed by atoms with Crippen LogP contribution in [-0.2, 0) is 22.7 Å². The summed E-state index contributed by atoms with van der Waals surface area (Å²) < 4.78 is 36.3. The lowest BCUT2D eigenvalue weighted by Crippen LogP contribution is -2.15. The second kappa shape index (κ2) is 8.86. The fourth-order valence-electron chi connectivity index (χ4n) is 6.11. The number of hydrogen-bond acceptors (Lipinski definition) is 7. The summed E-state index contributed by atoms with van der Waals surface area (Å²) in [5.74, 6) is 1.31. The summed E-state index contributed by atoms with van der Waals surface area (Å²) >= 11 is 0. The molecule has 2 aromatic heterocycles. The maximum Gasteiger partial charge on any atom is 0.185 e. The fraction of sp³-hybridized carbons (Fsp3) is 0.219. The van der Waals surface area contributed by atoms with E-state index in [0.29, 0.717) is 40.2 Å². The summed E-state index contributed by atoms with van der Waals surface area (Å²) in [4.78, 5) is 12.4. The molecule has 0 amide bonds. The van der Waals surface area contributed by atoms with Crippen LogP contribution >= 0.6 is 0 Å². The summed E-state index contributed by atoms with van der Waals surface area (Å²) in [7, 11) is 3.27. The van der Waals surface area contributed by atoms with Crippen molar-refractivity contribution in [2.75, 3.05) is 14.2 Å². The SMILES string of the molecule is COc1c2occ(COC3OCc4coc5c(OC)c6c(C)cccc6c3c45)c2c(C=O)c2cccc(C)c12. The topological polar surface area (TPSA) is 80.3 Å². The number of fused-ring (bicyclic) bond motifs is 4. The Labute approximate surface area is 223 Å². The Morgan fingerprint density at radius 3 is 2.18 bits per heavy atom. The van der Waals surface area contributed by atoms with Gasteiger partial charge in [-0.05, 0) is 35.7 Å². The van der Waals surface area contributed by atoms with Gasteiger partial charge in [0.2, 0.25) is 0 Å². The van der Waals surface area contributed by atoms with Crippen LogP contribution in [0.3, 0.4) is 0 Å². The normalized spacial score (nSPS) is 15.0. The van der Waals surface area contributed by atoms with E-state index in [-0.39, 0.29) is 6.61 Å². The van der Waals surface area contributed by atoms with E-state index in [0.717, 1.165) is 61.0 Å². The van der Waals surface area contributed by atoms with Crippen LogP contribution in [0.5, 0.6) is 11.5 Å². The molecule has 1 atom stereocenters. The van der Waals surface area contributed by atoms with E-state index in [2.05, 4.69) is 6.07 Å². The first kappa shape index (κ1) is 23.8. The highest BCUT2D eigenvalue weighted by molar-refractivity contribution is 6.16. The molecule has 1 aliphatic heterocycles. The molecule has 196 valence electrons. The number of rotatable bonds is 6. The minimum absolute atomic E-state index is 0.160. The molecule has 4 aromatic carbocycles. The Kier molecular flexibility index (Phi) is 5.40. The van der Waals surface area contributed by atoms with Gasteiger partial charge in [-0.2, -0.15) is 0 Å². The van der Waals surface area contributed by atoms with Crippen molar-refractivity contribution in [3.05, 3.63) is 82.3 Å². The molecule has 0 saturated carbocycles. The Morgan fingerprint density at radius 2 is 1.49 bits per heavy atom. The van der Waals surface area contributed by atoms with Crippen LogP contribution in [0.4, 0.5) is 0 Å². The Balaban J connectivity index is 1.37. The summed E-state index contributed by atoms with van der Waals surface area (Å²) in [5, 5.41) is 5.26. The standard InChI is InChI=1S/C32H26O7/c1-16-7-5-9-20-22(11-33)25-18(12-36-30(25)28(34-3)23(16)20)14-38-32-27-21-10-6-8-17(2)24(21)29(35-4)31-26(27)19(13-37-31)15-39-32/h5-13,32H,14-15H2,1-4H3. The fourth-order valence-corrected chi connectivity index (χ4v) is 6.11. The average Bonchev–Trinajstić information content (AvgIpc) is 3.57. The number of hydrogen-bond donors (Lipinski definition) is 0. The zero-order valence-electron chi connectivity index (χ0n) is 22.0. The summed E-state index contributed by atoms with van der Waals surface area (Å²) in [6.07, 6.45) is 3.56. The highest BCUT2D eigenvalue weighted by Crippen LogP contribution is 2.48. The predicted octanol–water partition coefficient (Wildman–Crippen LogP) is 7.68. The van der Waals surface area contributed by atoms with Crippen molar-refractivity contribution < 1.29 is 32.6 Å². The van der Waals surface area contributed by atoms with Gasteiger partial charge in [-0.3, -0.25) is 4.79 Å². The highest BCUT2D eigenvalue weighted by atomic mass is 16.7. The number of aldehydes is 1. The lowest BCUT2D eigenvalue weighted by molar-refractivity contribution is -0.162. The first-order chi connectivity index (χ1) is 19.1. The van der Waals surface area contributed by atoms with Crippen LogP contribution in [0.2, 0.25) is 0 Å². The molecule has 7 nitrogen and oxygen atoms in total. The Hall–Kier alpha value is -4.33. The van der Waals surface area contributed by atoms with Crippen LogP contribution in [-0.4, -0.2) is 20.5 Å². The first-order valence-corrected chi connectivity index (χ1v) is 12.7. The van der Waals surface area contributed by atoms with Gasteiger partial charge in [0.25, 0.3) is 0 Å². The largest absolute Gasteiger partial charge is 0.492 e. The molecule has 0 saturated heterocycles. The van der Waals surface area contributed by atoms with E-state index >= 15 is 0 Å². The van der Waals surface area contributed by atoms with E-state index < -0.39 is 6.29 Å². The smallest absolute Gasteiger partial charge is 0.185 e. The molecule has 0 fully saturated rings. The minimum Gasteiger partial charge on any atom is -0.492 e. The van der Waals surface area contributed by atoms with Crippen molar-refractivity contribution in [1.82, 2.24) is 0 Å². The second-order valence-electron chi connectivity index (χ2n) is 9.89. The third-order valence-electron chi connectivity index (χ3n) is 7.81.